The molecule has 3 aromatic carbocycles. The van der Waals surface area contributed by atoms with Crippen molar-refractivity contribution in [1.29, 1.82) is 0 Å². The number of carbonyl (C=O) groups excluding carboxylic acids is 2. The van der Waals surface area contributed by atoms with Crippen LogP contribution in [0.25, 0.3) is 5.69 Å². The van der Waals surface area contributed by atoms with Gasteiger partial charge in [-0.15, -0.1) is 0 Å². The van der Waals surface area contributed by atoms with Gasteiger partial charge < -0.3 is 19.5 Å². The highest BCUT2D eigenvalue weighted by molar-refractivity contribution is 6.09. The first-order valence-corrected chi connectivity index (χ1v) is 11.3. The largest absolute Gasteiger partial charge is 0.495 e. The average molecular weight is 470 g/mol. The summed E-state index contributed by atoms with van der Waals surface area (Å²) in [6, 6.07) is 20.8. The van der Waals surface area contributed by atoms with Crippen LogP contribution in [0.15, 0.2) is 79.0 Å². The van der Waals surface area contributed by atoms with E-state index in [2.05, 4.69) is 16.0 Å². The maximum atomic E-state index is 13.7. The zero-order valence-corrected chi connectivity index (χ0v) is 19.4. The fraction of sp³-hybridized carbons (Fsp3) is 0.143. The van der Waals surface area contributed by atoms with E-state index in [4.69, 9.17) is 4.74 Å². The fourth-order valence-corrected chi connectivity index (χ4v) is 4.42. The number of carbonyl (C=O) groups is 2. The Labute approximate surface area is 202 Å². The van der Waals surface area contributed by atoms with Crippen molar-refractivity contribution in [3.05, 3.63) is 107 Å². The van der Waals surface area contributed by atoms with Crippen molar-refractivity contribution in [2.75, 3.05) is 23.9 Å². The van der Waals surface area contributed by atoms with Gasteiger partial charge in [0.25, 0.3) is 11.8 Å². The molecule has 2 amide bonds. The molecule has 5 rings (SSSR count). The summed E-state index contributed by atoms with van der Waals surface area (Å²) in [6.45, 7) is 2.27. The SMILES string of the molecule is COc1cc(C(=O)N2CCc3cccn3-c3ccccc32)ccc1NC(=O)c1cc(F)ccc1C. The predicted octanol–water partition coefficient (Wildman–Crippen LogP) is 5.39. The maximum Gasteiger partial charge on any atom is 0.258 e. The second-order valence-electron chi connectivity index (χ2n) is 8.39. The number of nitrogens with zero attached hydrogens (tertiary/aromatic N) is 2. The lowest BCUT2D eigenvalue weighted by atomic mass is 10.1. The molecule has 0 spiro atoms. The minimum Gasteiger partial charge on any atom is -0.495 e. The molecule has 0 unspecified atom stereocenters. The summed E-state index contributed by atoms with van der Waals surface area (Å²) in [6.07, 6.45) is 2.72. The van der Waals surface area contributed by atoms with Crippen LogP contribution in [0.3, 0.4) is 0 Å². The Morgan fingerprint density at radius 1 is 0.971 bits per heavy atom. The zero-order chi connectivity index (χ0) is 24.5. The van der Waals surface area contributed by atoms with Gasteiger partial charge in [0.1, 0.15) is 11.6 Å². The smallest absolute Gasteiger partial charge is 0.258 e. The number of rotatable bonds is 4. The van der Waals surface area contributed by atoms with Gasteiger partial charge in [-0.1, -0.05) is 18.2 Å². The number of benzene rings is 3. The molecule has 0 atom stereocenters. The summed E-state index contributed by atoms with van der Waals surface area (Å²) in [5.41, 5.74) is 4.62. The third-order valence-corrected chi connectivity index (χ3v) is 6.24. The van der Waals surface area contributed by atoms with E-state index in [1.807, 2.05) is 36.5 Å². The summed E-state index contributed by atoms with van der Waals surface area (Å²) >= 11 is 0. The Kier molecular flexibility index (Phi) is 5.82. The van der Waals surface area contributed by atoms with Gasteiger partial charge in [-0.05, 0) is 67.1 Å². The number of amides is 2. The molecule has 7 heteroatoms. The summed E-state index contributed by atoms with van der Waals surface area (Å²) in [5.74, 6) is -0.770. The van der Waals surface area contributed by atoms with Crippen molar-refractivity contribution in [1.82, 2.24) is 4.57 Å². The van der Waals surface area contributed by atoms with Gasteiger partial charge in [0, 0.05) is 36.0 Å². The third-order valence-electron chi connectivity index (χ3n) is 6.24. The van der Waals surface area contributed by atoms with Gasteiger partial charge in [0.15, 0.2) is 0 Å². The number of aromatic nitrogens is 1. The second kappa shape index (κ2) is 9.10. The molecule has 6 nitrogen and oxygen atoms in total. The molecule has 4 aromatic rings. The van der Waals surface area contributed by atoms with Crippen LogP contribution in [0, 0.1) is 12.7 Å². The molecule has 0 saturated carbocycles. The average Bonchev–Trinajstić information content (AvgIpc) is 3.28. The quantitative estimate of drug-likeness (QED) is 0.436. The van der Waals surface area contributed by atoms with E-state index in [1.165, 1.54) is 19.2 Å². The lowest BCUT2D eigenvalue weighted by Gasteiger charge is -2.23. The number of para-hydroxylation sites is 2. The van der Waals surface area contributed by atoms with Crippen LogP contribution in [-0.4, -0.2) is 30.0 Å². The molecule has 176 valence electrons. The zero-order valence-electron chi connectivity index (χ0n) is 19.4. The highest BCUT2D eigenvalue weighted by Crippen LogP contribution is 2.32. The van der Waals surface area contributed by atoms with Gasteiger partial charge in [-0.3, -0.25) is 9.59 Å². The van der Waals surface area contributed by atoms with Crippen molar-refractivity contribution < 1.29 is 18.7 Å². The Balaban J connectivity index is 1.44. The van der Waals surface area contributed by atoms with Crippen LogP contribution >= 0.6 is 0 Å². The first-order valence-electron chi connectivity index (χ1n) is 11.3. The number of methoxy groups -OCH3 is 1. The highest BCUT2D eigenvalue weighted by atomic mass is 19.1. The van der Waals surface area contributed by atoms with E-state index in [1.54, 1.807) is 36.1 Å². The normalized spacial score (nSPS) is 12.4. The molecule has 1 aliphatic heterocycles. The molecule has 1 aromatic heterocycles. The van der Waals surface area contributed by atoms with E-state index in [-0.39, 0.29) is 11.5 Å². The molecular formula is C28H24FN3O3. The fourth-order valence-electron chi connectivity index (χ4n) is 4.42. The summed E-state index contributed by atoms with van der Waals surface area (Å²) in [7, 11) is 1.47. The Bertz CT molecular complexity index is 1440. The van der Waals surface area contributed by atoms with Crippen LogP contribution in [0.1, 0.15) is 32.0 Å². The first kappa shape index (κ1) is 22.4. The number of halogens is 1. The van der Waals surface area contributed by atoms with Crippen molar-refractivity contribution in [2.45, 2.75) is 13.3 Å². The number of ether oxygens (including phenoxy) is 1. The minimum atomic E-state index is -0.488. The lowest BCUT2D eigenvalue weighted by molar-refractivity contribution is 0.0986. The highest BCUT2D eigenvalue weighted by Gasteiger charge is 2.25. The van der Waals surface area contributed by atoms with E-state index >= 15 is 0 Å². The van der Waals surface area contributed by atoms with Gasteiger partial charge in [0.05, 0.1) is 24.2 Å². The topological polar surface area (TPSA) is 63.6 Å². The molecule has 35 heavy (non-hydrogen) atoms. The molecule has 0 radical (unpaired) electrons. The van der Waals surface area contributed by atoms with E-state index < -0.39 is 11.7 Å². The first-order chi connectivity index (χ1) is 17.0. The molecule has 0 aliphatic carbocycles. The molecule has 1 aliphatic rings. The monoisotopic (exact) mass is 469 g/mol. The summed E-state index contributed by atoms with van der Waals surface area (Å²) in [5, 5.41) is 2.77. The van der Waals surface area contributed by atoms with Crippen molar-refractivity contribution >= 4 is 23.2 Å². The number of nitrogens with one attached hydrogen (secondary N) is 1. The molecule has 1 N–H and O–H groups in total. The van der Waals surface area contributed by atoms with Crippen LogP contribution in [0.2, 0.25) is 0 Å². The maximum absolute atomic E-state index is 13.7. The number of hydrogen-bond acceptors (Lipinski definition) is 3. The van der Waals surface area contributed by atoms with Gasteiger partial charge in [-0.2, -0.15) is 0 Å². The van der Waals surface area contributed by atoms with Crippen molar-refractivity contribution in [2.24, 2.45) is 0 Å². The van der Waals surface area contributed by atoms with Gasteiger partial charge in [-0.25, -0.2) is 4.39 Å². The number of hydrogen-bond donors (Lipinski definition) is 1. The second-order valence-corrected chi connectivity index (χ2v) is 8.39. The van der Waals surface area contributed by atoms with Gasteiger partial charge >= 0.3 is 0 Å². The molecule has 2 heterocycles. The van der Waals surface area contributed by atoms with Gasteiger partial charge in [0.2, 0.25) is 0 Å². The lowest BCUT2D eigenvalue weighted by Crippen LogP contribution is -2.32. The standard InChI is InChI=1S/C28H24FN3O3/c1-18-9-11-20(29)17-22(18)27(33)30-23-12-10-19(16-26(23)35-2)28(34)32-15-13-21-6-5-14-31(21)24-7-3-4-8-25(24)32/h3-12,14,16-17H,13,15H2,1-2H3,(H,30,33). The van der Waals surface area contributed by atoms with Crippen molar-refractivity contribution in [3.63, 3.8) is 0 Å². The van der Waals surface area contributed by atoms with E-state index in [9.17, 15) is 14.0 Å². The van der Waals surface area contributed by atoms with E-state index in [0.29, 0.717) is 35.5 Å². The number of anilines is 2. The summed E-state index contributed by atoms with van der Waals surface area (Å²) < 4.78 is 21.3. The molecule has 0 bridgehead atoms. The van der Waals surface area contributed by atoms with Crippen LogP contribution in [0.4, 0.5) is 15.8 Å². The number of fused-ring (bicyclic) bond motifs is 3. The van der Waals surface area contributed by atoms with Crippen LogP contribution in [-0.2, 0) is 6.42 Å². The molecule has 0 fully saturated rings. The van der Waals surface area contributed by atoms with Crippen molar-refractivity contribution in [3.8, 4) is 11.4 Å². The molecule has 0 saturated heterocycles. The van der Waals surface area contributed by atoms with Crippen LogP contribution < -0.4 is 15.0 Å². The van der Waals surface area contributed by atoms with E-state index in [0.717, 1.165) is 17.1 Å². The summed E-state index contributed by atoms with van der Waals surface area (Å²) in [4.78, 5) is 28.2. The Morgan fingerprint density at radius 2 is 1.77 bits per heavy atom. The molecular weight excluding hydrogens is 445 g/mol. The third kappa shape index (κ3) is 4.17. The Morgan fingerprint density at radius 3 is 2.57 bits per heavy atom. The Hall–Kier alpha value is -4.39. The van der Waals surface area contributed by atoms with Crippen LogP contribution in [0.5, 0.6) is 5.75 Å². The predicted molar refractivity (Wildman–Crippen MR) is 133 cm³/mol. The minimum absolute atomic E-state index is 0.166. The number of aryl methyl sites for hydroxylation is 1.